The third kappa shape index (κ3) is 2.45. The zero-order valence-electron chi connectivity index (χ0n) is 8.01. The predicted molar refractivity (Wildman–Crippen MR) is 53.0 cm³/mol. The van der Waals surface area contributed by atoms with Crippen LogP contribution in [0.2, 0.25) is 0 Å². The average Bonchev–Trinajstić information content (AvgIpc) is 2.18. The Morgan fingerprint density at radius 3 is 2.50 bits per heavy atom. The number of benzene rings is 1. The smallest absolute Gasteiger partial charge is 0.121 e. The van der Waals surface area contributed by atoms with Gasteiger partial charge in [-0.25, -0.2) is 0 Å². The van der Waals surface area contributed by atoms with Gasteiger partial charge >= 0.3 is 0 Å². The van der Waals surface area contributed by atoms with Crippen molar-refractivity contribution in [2.45, 2.75) is 12.2 Å². The second-order valence-electron chi connectivity index (χ2n) is 3.13. The maximum absolute atomic E-state index is 9.65. The third-order valence-corrected chi connectivity index (χ3v) is 2.03. The van der Waals surface area contributed by atoms with Crippen LogP contribution in [0.5, 0.6) is 5.75 Å². The van der Waals surface area contributed by atoms with Gasteiger partial charge in [0.25, 0.3) is 0 Å². The summed E-state index contributed by atoms with van der Waals surface area (Å²) in [5.41, 5.74) is 0.343. The first-order valence-electron chi connectivity index (χ1n) is 4.45. The minimum absolute atomic E-state index is 0.00449. The number of hydrogen-bond donors (Lipinski definition) is 4. The SMILES string of the molecule is CNCC(O)C(O)c1ccccc1O. The largest absolute Gasteiger partial charge is 0.508 e. The van der Waals surface area contributed by atoms with Gasteiger partial charge in [-0.15, -0.1) is 0 Å². The van der Waals surface area contributed by atoms with Gasteiger partial charge in [0.1, 0.15) is 11.9 Å². The Morgan fingerprint density at radius 1 is 1.29 bits per heavy atom. The summed E-state index contributed by atoms with van der Waals surface area (Å²) in [6.45, 7) is 0.273. The lowest BCUT2D eigenvalue weighted by molar-refractivity contribution is 0.0189. The van der Waals surface area contributed by atoms with Crippen molar-refractivity contribution in [1.29, 1.82) is 0 Å². The lowest BCUT2D eigenvalue weighted by Crippen LogP contribution is -2.29. The van der Waals surface area contributed by atoms with Gasteiger partial charge in [-0.05, 0) is 13.1 Å². The molecule has 0 bridgehead atoms. The number of hydrogen-bond acceptors (Lipinski definition) is 4. The van der Waals surface area contributed by atoms with Crippen LogP contribution in [0.4, 0.5) is 0 Å². The number of aliphatic hydroxyl groups is 2. The molecule has 0 aliphatic carbocycles. The van der Waals surface area contributed by atoms with Gasteiger partial charge in [0.15, 0.2) is 0 Å². The number of aliphatic hydroxyl groups excluding tert-OH is 2. The Morgan fingerprint density at radius 2 is 1.93 bits per heavy atom. The lowest BCUT2D eigenvalue weighted by Gasteiger charge is -2.18. The quantitative estimate of drug-likeness (QED) is 0.548. The Labute approximate surface area is 82.8 Å². The van der Waals surface area contributed by atoms with Crippen LogP contribution in [0.15, 0.2) is 24.3 Å². The fraction of sp³-hybridized carbons (Fsp3) is 0.400. The van der Waals surface area contributed by atoms with Gasteiger partial charge in [-0.1, -0.05) is 18.2 Å². The molecule has 0 aliphatic rings. The number of rotatable bonds is 4. The van der Waals surface area contributed by atoms with E-state index in [1.165, 1.54) is 6.07 Å². The van der Waals surface area contributed by atoms with Crippen LogP contribution in [0.1, 0.15) is 11.7 Å². The van der Waals surface area contributed by atoms with Crippen molar-refractivity contribution in [3.05, 3.63) is 29.8 Å². The van der Waals surface area contributed by atoms with Crippen molar-refractivity contribution in [2.24, 2.45) is 0 Å². The molecule has 0 saturated carbocycles. The van der Waals surface area contributed by atoms with Gasteiger partial charge in [-0.2, -0.15) is 0 Å². The Bertz CT molecular complexity index is 290. The van der Waals surface area contributed by atoms with Crippen LogP contribution in [0.25, 0.3) is 0 Å². The van der Waals surface area contributed by atoms with E-state index in [2.05, 4.69) is 5.32 Å². The molecule has 14 heavy (non-hydrogen) atoms. The van der Waals surface area contributed by atoms with Crippen molar-refractivity contribution in [3.63, 3.8) is 0 Å². The summed E-state index contributed by atoms with van der Waals surface area (Å²) in [6, 6.07) is 6.42. The van der Waals surface area contributed by atoms with E-state index in [9.17, 15) is 15.3 Å². The average molecular weight is 197 g/mol. The highest BCUT2D eigenvalue weighted by Gasteiger charge is 2.19. The molecule has 4 heteroatoms. The van der Waals surface area contributed by atoms with Gasteiger partial charge in [0.2, 0.25) is 0 Å². The molecule has 4 N–H and O–H groups in total. The highest BCUT2D eigenvalue weighted by atomic mass is 16.3. The predicted octanol–water partition coefficient (Wildman–Crippen LogP) is 0.00590. The molecule has 78 valence electrons. The maximum Gasteiger partial charge on any atom is 0.121 e. The van der Waals surface area contributed by atoms with E-state index in [0.29, 0.717) is 5.56 Å². The molecule has 2 unspecified atom stereocenters. The molecule has 0 saturated heterocycles. The number of aromatic hydroxyl groups is 1. The highest BCUT2D eigenvalue weighted by Crippen LogP contribution is 2.25. The second-order valence-corrected chi connectivity index (χ2v) is 3.13. The van der Waals surface area contributed by atoms with E-state index >= 15 is 0 Å². The zero-order chi connectivity index (χ0) is 10.6. The van der Waals surface area contributed by atoms with E-state index in [0.717, 1.165) is 0 Å². The first-order chi connectivity index (χ1) is 6.66. The first kappa shape index (κ1) is 11.0. The zero-order valence-corrected chi connectivity index (χ0v) is 8.01. The van der Waals surface area contributed by atoms with Gasteiger partial charge in [-0.3, -0.25) is 0 Å². The number of nitrogens with one attached hydrogen (secondary N) is 1. The second kappa shape index (κ2) is 4.95. The summed E-state index contributed by atoms with van der Waals surface area (Å²) in [5.74, 6) is -0.00449. The van der Waals surface area contributed by atoms with Crippen LogP contribution in [-0.4, -0.2) is 35.0 Å². The molecule has 1 aromatic rings. The Hall–Kier alpha value is -1.10. The molecule has 2 atom stereocenters. The number of phenols is 1. The van der Waals surface area contributed by atoms with Gasteiger partial charge in [0, 0.05) is 12.1 Å². The summed E-state index contributed by atoms with van der Waals surface area (Å²) in [5, 5.41) is 31.3. The Kier molecular flexibility index (Phi) is 3.88. The van der Waals surface area contributed by atoms with E-state index < -0.39 is 12.2 Å². The molecular formula is C10H15NO3. The van der Waals surface area contributed by atoms with E-state index in [4.69, 9.17) is 0 Å². The first-order valence-corrected chi connectivity index (χ1v) is 4.45. The maximum atomic E-state index is 9.65. The molecule has 0 aliphatic heterocycles. The fourth-order valence-electron chi connectivity index (χ4n) is 1.27. The van der Waals surface area contributed by atoms with Crippen LogP contribution in [0, 0.1) is 0 Å². The van der Waals surface area contributed by atoms with Crippen molar-refractivity contribution in [2.75, 3.05) is 13.6 Å². The molecule has 4 nitrogen and oxygen atoms in total. The van der Waals surface area contributed by atoms with E-state index in [-0.39, 0.29) is 12.3 Å². The van der Waals surface area contributed by atoms with Gasteiger partial charge in [0.05, 0.1) is 6.10 Å². The highest BCUT2D eigenvalue weighted by molar-refractivity contribution is 5.34. The molecule has 0 amide bonds. The van der Waals surface area contributed by atoms with Crippen LogP contribution >= 0.6 is 0 Å². The van der Waals surface area contributed by atoms with Crippen molar-refractivity contribution >= 4 is 0 Å². The van der Waals surface area contributed by atoms with E-state index in [1.54, 1.807) is 25.2 Å². The normalized spacial score (nSPS) is 15.1. The minimum Gasteiger partial charge on any atom is -0.508 e. The third-order valence-electron chi connectivity index (χ3n) is 2.03. The van der Waals surface area contributed by atoms with Crippen LogP contribution < -0.4 is 5.32 Å². The standard InChI is InChI=1S/C10H15NO3/c1-11-6-9(13)10(14)7-4-2-3-5-8(7)12/h2-5,9-14H,6H2,1H3. The number of phenolic OH excluding ortho intramolecular Hbond substituents is 1. The molecule has 0 fully saturated rings. The minimum atomic E-state index is -1.07. The lowest BCUT2D eigenvalue weighted by atomic mass is 10.0. The summed E-state index contributed by atoms with van der Waals surface area (Å²) in [6.07, 6.45) is -1.99. The molecule has 0 radical (unpaired) electrons. The monoisotopic (exact) mass is 197 g/mol. The molecular weight excluding hydrogens is 182 g/mol. The topological polar surface area (TPSA) is 72.7 Å². The molecule has 0 heterocycles. The van der Waals surface area contributed by atoms with Crippen molar-refractivity contribution in [1.82, 2.24) is 5.32 Å². The van der Waals surface area contributed by atoms with E-state index in [1.807, 2.05) is 0 Å². The van der Waals surface area contributed by atoms with Crippen molar-refractivity contribution in [3.8, 4) is 5.75 Å². The summed E-state index contributed by atoms with van der Waals surface area (Å²) < 4.78 is 0. The van der Waals surface area contributed by atoms with Gasteiger partial charge < -0.3 is 20.6 Å². The van der Waals surface area contributed by atoms with Crippen LogP contribution in [-0.2, 0) is 0 Å². The molecule has 1 rings (SSSR count). The fourth-order valence-corrected chi connectivity index (χ4v) is 1.27. The Balaban J connectivity index is 2.78. The molecule has 1 aromatic carbocycles. The van der Waals surface area contributed by atoms with Crippen LogP contribution in [0.3, 0.4) is 0 Å². The summed E-state index contributed by atoms with van der Waals surface area (Å²) >= 11 is 0. The van der Waals surface area contributed by atoms with Crippen molar-refractivity contribution < 1.29 is 15.3 Å². The summed E-state index contributed by atoms with van der Waals surface area (Å²) in [4.78, 5) is 0. The molecule has 0 aromatic heterocycles. The summed E-state index contributed by atoms with van der Waals surface area (Å²) in [7, 11) is 1.68. The molecule has 0 spiro atoms. The number of para-hydroxylation sites is 1. The number of likely N-dealkylation sites (N-methyl/N-ethyl adjacent to an activating group) is 1.